The van der Waals surface area contributed by atoms with Gasteiger partial charge >= 0.3 is 0 Å². The molecule has 2 N–H and O–H groups in total. The van der Waals surface area contributed by atoms with E-state index in [0.717, 1.165) is 41.2 Å². The third-order valence-electron chi connectivity index (χ3n) is 4.90. The molecule has 0 radical (unpaired) electrons. The van der Waals surface area contributed by atoms with Gasteiger partial charge in [-0.15, -0.1) is 0 Å². The normalized spacial score (nSPS) is 14.6. The van der Waals surface area contributed by atoms with Crippen molar-refractivity contribution in [1.82, 2.24) is 15.1 Å². The van der Waals surface area contributed by atoms with Gasteiger partial charge in [0.05, 0.1) is 22.8 Å². The van der Waals surface area contributed by atoms with Gasteiger partial charge in [-0.25, -0.2) is 4.68 Å². The lowest BCUT2D eigenvalue weighted by atomic mass is 10.1. The van der Waals surface area contributed by atoms with E-state index in [0.29, 0.717) is 6.04 Å². The molecular formula is C22H24N4O. The number of para-hydroxylation sites is 1. The van der Waals surface area contributed by atoms with Crippen LogP contribution in [-0.4, -0.2) is 21.7 Å². The maximum Gasteiger partial charge on any atom is 0.247 e. The van der Waals surface area contributed by atoms with Crippen molar-refractivity contribution in [2.24, 2.45) is 0 Å². The number of benzene rings is 2. The van der Waals surface area contributed by atoms with Crippen molar-refractivity contribution in [1.29, 1.82) is 0 Å². The Morgan fingerprint density at radius 2 is 1.67 bits per heavy atom. The molecule has 1 atom stereocenters. The van der Waals surface area contributed by atoms with Crippen LogP contribution in [0.25, 0.3) is 5.69 Å². The summed E-state index contributed by atoms with van der Waals surface area (Å²) in [5, 5.41) is 11.3. The fraction of sp³-hybridized carbons (Fsp3) is 0.273. The Bertz CT molecular complexity index is 930. The van der Waals surface area contributed by atoms with Gasteiger partial charge in [0.1, 0.15) is 6.04 Å². The molecule has 1 aliphatic rings. The first-order valence-electron chi connectivity index (χ1n) is 9.37. The standard InChI is InChI=1S/C22H24N4O/c1-15-20(16(2)26(25-15)19-11-7-4-8-12-19)24-21(17-9-5-3-6-10-17)22(27)23-18-13-14-18/h3-12,18,21,24H,13-14H2,1-2H3,(H,23,27). The number of amides is 1. The van der Waals surface area contributed by atoms with Crippen LogP contribution in [-0.2, 0) is 4.79 Å². The number of anilines is 1. The maximum absolute atomic E-state index is 12.9. The van der Waals surface area contributed by atoms with Crippen molar-refractivity contribution >= 4 is 11.6 Å². The van der Waals surface area contributed by atoms with Crippen LogP contribution in [0.3, 0.4) is 0 Å². The average Bonchev–Trinajstić information content (AvgIpc) is 3.46. The predicted octanol–water partition coefficient (Wildman–Crippen LogP) is 3.92. The molecule has 2 aromatic carbocycles. The van der Waals surface area contributed by atoms with Crippen LogP contribution >= 0.6 is 0 Å². The molecule has 0 saturated heterocycles. The Morgan fingerprint density at radius 1 is 1.04 bits per heavy atom. The summed E-state index contributed by atoms with van der Waals surface area (Å²) in [4.78, 5) is 12.9. The smallest absolute Gasteiger partial charge is 0.247 e. The first-order chi connectivity index (χ1) is 13.1. The monoisotopic (exact) mass is 360 g/mol. The molecule has 1 aliphatic carbocycles. The average molecular weight is 360 g/mol. The fourth-order valence-electron chi connectivity index (χ4n) is 3.27. The number of nitrogens with zero attached hydrogens (tertiary/aromatic N) is 2. The Hall–Kier alpha value is -3.08. The highest BCUT2D eigenvalue weighted by Gasteiger charge is 2.29. The van der Waals surface area contributed by atoms with E-state index in [2.05, 4.69) is 15.7 Å². The van der Waals surface area contributed by atoms with Crippen LogP contribution in [0.2, 0.25) is 0 Å². The van der Waals surface area contributed by atoms with Gasteiger partial charge in [-0.1, -0.05) is 48.5 Å². The van der Waals surface area contributed by atoms with Crippen molar-refractivity contribution in [2.75, 3.05) is 5.32 Å². The fourth-order valence-corrected chi connectivity index (χ4v) is 3.27. The first kappa shape index (κ1) is 17.3. The molecule has 1 saturated carbocycles. The summed E-state index contributed by atoms with van der Waals surface area (Å²) < 4.78 is 1.92. The molecule has 1 aromatic heterocycles. The van der Waals surface area contributed by atoms with E-state index >= 15 is 0 Å². The third kappa shape index (κ3) is 3.72. The molecule has 1 heterocycles. The van der Waals surface area contributed by atoms with E-state index in [1.54, 1.807) is 0 Å². The SMILES string of the molecule is Cc1nn(-c2ccccc2)c(C)c1NC(C(=O)NC1CC1)c1ccccc1. The summed E-state index contributed by atoms with van der Waals surface area (Å²) in [6.07, 6.45) is 2.13. The second-order valence-electron chi connectivity index (χ2n) is 7.06. The number of rotatable bonds is 6. The van der Waals surface area contributed by atoms with Crippen molar-refractivity contribution in [3.63, 3.8) is 0 Å². The highest BCUT2D eigenvalue weighted by atomic mass is 16.2. The quantitative estimate of drug-likeness (QED) is 0.700. The number of hydrogen-bond donors (Lipinski definition) is 2. The van der Waals surface area contributed by atoms with Crippen LogP contribution in [0, 0.1) is 13.8 Å². The van der Waals surface area contributed by atoms with Crippen LogP contribution < -0.4 is 10.6 Å². The predicted molar refractivity (Wildman–Crippen MR) is 107 cm³/mol. The lowest BCUT2D eigenvalue weighted by Gasteiger charge is -2.20. The Kier molecular flexibility index (Phi) is 4.67. The summed E-state index contributed by atoms with van der Waals surface area (Å²) in [7, 11) is 0. The van der Waals surface area contributed by atoms with E-state index in [4.69, 9.17) is 0 Å². The number of carbonyl (C=O) groups excluding carboxylic acids is 1. The van der Waals surface area contributed by atoms with Crippen LogP contribution in [0.1, 0.15) is 35.8 Å². The highest BCUT2D eigenvalue weighted by Crippen LogP contribution is 2.28. The number of aryl methyl sites for hydroxylation is 1. The lowest BCUT2D eigenvalue weighted by molar-refractivity contribution is -0.122. The molecule has 0 bridgehead atoms. The summed E-state index contributed by atoms with van der Waals surface area (Å²) in [6.45, 7) is 3.99. The molecule has 5 nitrogen and oxygen atoms in total. The minimum Gasteiger partial charge on any atom is -0.367 e. The molecule has 1 unspecified atom stereocenters. The summed E-state index contributed by atoms with van der Waals surface area (Å²) in [6, 6.07) is 19.7. The Balaban J connectivity index is 1.67. The minimum absolute atomic E-state index is 0.00922. The Labute approximate surface area is 159 Å². The summed E-state index contributed by atoms with van der Waals surface area (Å²) in [5.74, 6) is 0.00922. The van der Waals surface area contributed by atoms with E-state index < -0.39 is 6.04 Å². The number of aromatic nitrogens is 2. The highest BCUT2D eigenvalue weighted by molar-refractivity contribution is 5.87. The molecule has 0 aliphatic heterocycles. The Morgan fingerprint density at radius 3 is 2.30 bits per heavy atom. The van der Waals surface area contributed by atoms with Crippen molar-refractivity contribution in [3.8, 4) is 5.69 Å². The van der Waals surface area contributed by atoms with Crippen LogP contribution in [0.15, 0.2) is 60.7 Å². The van der Waals surface area contributed by atoms with E-state index in [-0.39, 0.29) is 5.91 Å². The minimum atomic E-state index is -0.447. The van der Waals surface area contributed by atoms with Crippen LogP contribution in [0.4, 0.5) is 5.69 Å². The summed E-state index contributed by atoms with van der Waals surface area (Å²) >= 11 is 0. The molecule has 27 heavy (non-hydrogen) atoms. The van der Waals surface area contributed by atoms with Crippen molar-refractivity contribution in [2.45, 2.75) is 38.8 Å². The van der Waals surface area contributed by atoms with Crippen LogP contribution in [0.5, 0.6) is 0 Å². The molecule has 138 valence electrons. The molecular weight excluding hydrogens is 336 g/mol. The first-order valence-corrected chi connectivity index (χ1v) is 9.37. The zero-order valence-electron chi connectivity index (χ0n) is 15.6. The summed E-state index contributed by atoms with van der Waals surface area (Å²) in [5.41, 5.74) is 4.71. The second-order valence-corrected chi connectivity index (χ2v) is 7.06. The van der Waals surface area contributed by atoms with Gasteiger partial charge in [-0.05, 0) is 44.4 Å². The van der Waals surface area contributed by atoms with Crippen molar-refractivity contribution < 1.29 is 4.79 Å². The second kappa shape index (κ2) is 7.27. The maximum atomic E-state index is 12.9. The van der Waals surface area contributed by atoms with E-state index in [1.165, 1.54) is 0 Å². The van der Waals surface area contributed by atoms with Gasteiger partial charge < -0.3 is 10.6 Å². The lowest BCUT2D eigenvalue weighted by Crippen LogP contribution is -2.35. The molecule has 0 spiro atoms. The van der Waals surface area contributed by atoms with Gasteiger partial charge in [0.25, 0.3) is 0 Å². The van der Waals surface area contributed by atoms with Gasteiger partial charge in [0, 0.05) is 6.04 Å². The van der Waals surface area contributed by atoms with Gasteiger partial charge in [0.2, 0.25) is 5.91 Å². The number of carbonyl (C=O) groups is 1. The third-order valence-corrected chi connectivity index (χ3v) is 4.90. The molecule has 3 aromatic rings. The number of nitrogens with one attached hydrogen (secondary N) is 2. The molecule has 1 fully saturated rings. The van der Waals surface area contributed by atoms with Gasteiger partial charge in [-0.3, -0.25) is 4.79 Å². The molecule has 1 amide bonds. The topological polar surface area (TPSA) is 59.0 Å². The zero-order chi connectivity index (χ0) is 18.8. The van der Waals surface area contributed by atoms with E-state index in [1.807, 2.05) is 79.2 Å². The van der Waals surface area contributed by atoms with Crippen molar-refractivity contribution in [3.05, 3.63) is 77.6 Å². The number of hydrogen-bond acceptors (Lipinski definition) is 3. The van der Waals surface area contributed by atoms with Gasteiger partial charge in [-0.2, -0.15) is 5.10 Å². The molecule has 4 rings (SSSR count). The largest absolute Gasteiger partial charge is 0.367 e. The molecule has 5 heteroatoms. The van der Waals surface area contributed by atoms with E-state index in [9.17, 15) is 4.79 Å². The zero-order valence-corrected chi connectivity index (χ0v) is 15.6. The van der Waals surface area contributed by atoms with Gasteiger partial charge in [0.15, 0.2) is 0 Å².